The average Bonchev–Trinajstić information content (AvgIpc) is 2.44. The van der Waals surface area contributed by atoms with Crippen LogP contribution in [0.2, 0.25) is 0 Å². The molecule has 0 unspecified atom stereocenters. The van der Waals surface area contributed by atoms with Crippen LogP contribution in [-0.4, -0.2) is 51.5 Å². The van der Waals surface area contributed by atoms with Gasteiger partial charge >= 0.3 is 0 Å². The number of aliphatic hydroxyl groups is 1. The fourth-order valence-electron chi connectivity index (χ4n) is 1.89. The van der Waals surface area contributed by atoms with Crippen molar-refractivity contribution in [2.75, 3.05) is 44.9 Å². The second kappa shape index (κ2) is 10.0. The predicted molar refractivity (Wildman–Crippen MR) is 83.0 cm³/mol. The van der Waals surface area contributed by atoms with Gasteiger partial charge in [-0.05, 0) is 17.7 Å². The summed E-state index contributed by atoms with van der Waals surface area (Å²) in [7, 11) is 1.64. The topological polar surface area (TPSA) is 44.7 Å². The minimum atomic E-state index is -2.44. The van der Waals surface area contributed by atoms with E-state index in [1.165, 1.54) is 4.90 Å². The highest BCUT2D eigenvalue weighted by molar-refractivity contribution is 9.10. The van der Waals surface area contributed by atoms with Gasteiger partial charge < -0.3 is 20.1 Å². The molecule has 120 valence electrons. The summed E-state index contributed by atoms with van der Waals surface area (Å²) in [5, 5.41) is 12.2. The fourth-order valence-corrected chi connectivity index (χ4v) is 2.39. The van der Waals surface area contributed by atoms with E-state index in [0.29, 0.717) is 18.8 Å². The molecule has 0 fully saturated rings. The standard InChI is InChI=1S/C14H21BrF2N2O2/c1-21-7-4-18-9-11-2-3-12(8-13(11)15)19(5-6-20)10-14(16)17/h2-3,8,14,18,20H,4-7,9-10H2,1H3. The first-order valence-corrected chi connectivity index (χ1v) is 7.49. The van der Waals surface area contributed by atoms with Gasteiger partial charge in [0.05, 0.1) is 19.8 Å². The van der Waals surface area contributed by atoms with Gasteiger partial charge in [-0.2, -0.15) is 0 Å². The third-order valence-corrected chi connectivity index (χ3v) is 3.67. The molecular weight excluding hydrogens is 346 g/mol. The summed E-state index contributed by atoms with van der Waals surface area (Å²) in [6, 6.07) is 5.47. The molecular formula is C14H21BrF2N2O2. The number of methoxy groups -OCH3 is 1. The number of ether oxygens (including phenoxy) is 1. The van der Waals surface area contributed by atoms with Gasteiger partial charge in [-0.3, -0.25) is 0 Å². The van der Waals surface area contributed by atoms with Crippen molar-refractivity contribution in [2.45, 2.75) is 13.0 Å². The minimum absolute atomic E-state index is 0.162. The van der Waals surface area contributed by atoms with Crippen molar-refractivity contribution in [2.24, 2.45) is 0 Å². The Hall–Kier alpha value is -0.760. The van der Waals surface area contributed by atoms with Crippen LogP contribution < -0.4 is 10.2 Å². The third kappa shape index (κ3) is 6.69. The van der Waals surface area contributed by atoms with Gasteiger partial charge in [-0.25, -0.2) is 8.78 Å². The second-order valence-electron chi connectivity index (χ2n) is 4.51. The lowest BCUT2D eigenvalue weighted by molar-refractivity contribution is 0.153. The van der Waals surface area contributed by atoms with Gasteiger partial charge in [0.15, 0.2) is 0 Å². The van der Waals surface area contributed by atoms with E-state index in [1.807, 2.05) is 6.07 Å². The fraction of sp³-hybridized carbons (Fsp3) is 0.571. The van der Waals surface area contributed by atoms with E-state index < -0.39 is 13.0 Å². The van der Waals surface area contributed by atoms with E-state index in [0.717, 1.165) is 16.6 Å². The number of halogens is 3. The molecule has 0 bridgehead atoms. The van der Waals surface area contributed by atoms with Crippen LogP contribution in [0.25, 0.3) is 0 Å². The van der Waals surface area contributed by atoms with E-state index in [4.69, 9.17) is 9.84 Å². The van der Waals surface area contributed by atoms with Crippen molar-refractivity contribution in [3.8, 4) is 0 Å². The Labute approximate surface area is 132 Å². The van der Waals surface area contributed by atoms with Crippen molar-refractivity contribution >= 4 is 21.6 Å². The first-order chi connectivity index (χ1) is 10.1. The van der Waals surface area contributed by atoms with E-state index in [1.54, 1.807) is 19.2 Å². The zero-order valence-electron chi connectivity index (χ0n) is 12.0. The average molecular weight is 367 g/mol. The van der Waals surface area contributed by atoms with Gasteiger partial charge in [0.1, 0.15) is 0 Å². The summed E-state index contributed by atoms with van der Waals surface area (Å²) in [6.45, 7) is 1.67. The van der Waals surface area contributed by atoms with E-state index in [-0.39, 0.29) is 13.2 Å². The number of aliphatic hydroxyl groups excluding tert-OH is 1. The normalized spacial score (nSPS) is 11.1. The van der Waals surface area contributed by atoms with Crippen molar-refractivity contribution < 1.29 is 18.6 Å². The van der Waals surface area contributed by atoms with Crippen molar-refractivity contribution in [3.05, 3.63) is 28.2 Å². The number of benzene rings is 1. The van der Waals surface area contributed by atoms with Crippen LogP contribution in [0.3, 0.4) is 0 Å². The molecule has 0 spiro atoms. The van der Waals surface area contributed by atoms with Crippen LogP contribution >= 0.6 is 15.9 Å². The molecule has 0 aromatic heterocycles. The molecule has 0 radical (unpaired) electrons. The molecule has 0 aliphatic carbocycles. The van der Waals surface area contributed by atoms with Crippen LogP contribution in [0, 0.1) is 0 Å². The molecule has 1 rings (SSSR count). The van der Waals surface area contributed by atoms with Gasteiger partial charge in [-0.15, -0.1) is 0 Å². The lowest BCUT2D eigenvalue weighted by Gasteiger charge is -2.24. The Morgan fingerprint density at radius 2 is 2.19 bits per heavy atom. The zero-order chi connectivity index (χ0) is 15.7. The lowest BCUT2D eigenvalue weighted by atomic mass is 10.2. The molecule has 1 aromatic rings. The number of nitrogens with one attached hydrogen (secondary N) is 1. The second-order valence-corrected chi connectivity index (χ2v) is 5.36. The highest BCUT2D eigenvalue weighted by Gasteiger charge is 2.13. The first-order valence-electron chi connectivity index (χ1n) is 6.70. The smallest absolute Gasteiger partial charge is 0.255 e. The highest BCUT2D eigenvalue weighted by Crippen LogP contribution is 2.24. The molecule has 0 heterocycles. The molecule has 4 nitrogen and oxygen atoms in total. The van der Waals surface area contributed by atoms with Crippen LogP contribution in [0.4, 0.5) is 14.5 Å². The van der Waals surface area contributed by atoms with Gasteiger partial charge in [0.2, 0.25) is 0 Å². The summed E-state index contributed by atoms with van der Waals surface area (Å²) in [5.74, 6) is 0. The maximum Gasteiger partial charge on any atom is 0.255 e. The molecule has 21 heavy (non-hydrogen) atoms. The third-order valence-electron chi connectivity index (χ3n) is 2.93. The van der Waals surface area contributed by atoms with Crippen molar-refractivity contribution in [1.82, 2.24) is 5.32 Å². The lowest BCUT2D eigenvalue weighted by Crippen LogP contribution is -2.31. The summed E-state index contributed by atoms with van der Waals surface area (Å²) in [4.78, 5) is 1.47. The largest absolute Gasteiger partial charge is 0.395 e. The minimum Gasteiger partial charge on any atom is -0.395 e. The van der Waals surface area contributed by atoms with Crippen molar-refractivity contribution in [3.63, 3.8) is 0 Å². The maximum atomic E-state index is 12.6. The molecule has 0 aliphatic heterocycles. The highest BCUT2D eigenvalue weighted by atomic mass is 79.9. The molecule has 0 saturated carbocycles. The number of alkyl halides is 2. The Balaban J connectivity index is 2.69. The molecule has 1 aromatic carbocycles. The predicted octanol–water partition coefficient (Wildman–Crippen LogP) is 2.25. The Kier molecular flexibility index (Phi) is 8.75. The van der Waals surface area contributed by atoms with Crippen LogP contribution in [-0.2, 0) is 11.3 Å². The quantitative estimate of drug-likeness (QED) is 0.623. The van der Waals surface area contributed by atoms with E-state index in [9.17, 15) is 8.78 Å². The van der Waals surface area contributed by atoms with Crippen LogP contribution in [0.15, 0.2) is 22.7 Å². The van der Waals surface area contributed by atoms with Gasteiger partial charge in [0.25, 0.3) is 6.43 Å². The maximum absolute atomic E-state index is 12.6. The summed E-state index contributed by atoms with van der Waals surface area (Å²) < 4.78 is 30.9. The monoisotopic (exact) mass is 366 g/mol. The SMILES string of the molecule is COCCNCc1ccc(N(CCO)CC(F)F)cc1Br. The number of hydrogen-bond donors (Lipinski definition) is 2. The Morgan fingerprint density at radius 1 is 1.43 bits per heavy atom. The molecule has 0 atom stereocenters. The summed E-state index contributed by atoms with van der Waals surface area (Å²) in [6.07, 6.45) is -2.44. The van der Waals surface area contributed by atoms with E-state index >= 15 is 0 Å². The van der Waals surface area contributed by atoms with E-state index in [2.05, 4.69) is 21.2 Å². The number of nitrogens with zero attached hydrogens (tertiary/aromatic N) is 1. The zero-order valence-corrected chi connectivity index (χ0v) is 13.6. The molecule has 0 amide bonds. The number of rotatable bonds is 10. The molecule has 0 saturated heterocycles. The van der Waals surface area contributed by atoms with Crippen LogP contribution in [0.5, 0.6) is 0 Å². The van der Waals surface area contributed by atoms with Crippen LogP contribution in [0.1, 0.15) is 5.56 Å². The van der Waals surface area contributed by atoms with Gasteiger partial charge in [0, 0.05) is 36.9 Å². The van der Waals surface area contributed by atoms with Gasteiger partial charge in [-0.1, -0.05) is 22.0 Å². The van der Waals surface area contributed by atoms with Crippen molar-refractivity contribution in [1.29, 1.82) is 0 Å². The number of hydrogen-bond acceptors (Lipinski definition) is 4. The molecule has 7 heteroatoms. The summed E-state index contributed by atoms with van der Waals surface area (Å²) in [5.41, 5.74) is 1.70. The Bertz CT molecular complexity index is 422. The molecule has 2 N–H and O–H groups in total. The number of anilines is 1. The summed E-state index contributed by atoms with van der Waals surface area (Å²) >= 11 is 3.45. The molecule has 0 aliphatic rings. The Morgan fingerprint density at radius 3 is 2.76 bits per heavy atom. The first kappa shape index (κ1) is 18.3.